The van der Waals surface area contributed by atoms with Gasteiger partial charge in [0.1, 0.15) is 0 Å². The minimum absolute atomic E-state index is 1.35. The van der Waals surface area contributed by atoms with Crippen LogP contribution in [0.5, 0.6) is 0 Å². The summed E-state index contributed by atoms with van der Waals surface area (Å²) in [5.41, 5.74) is 0. The maximum atomic E-state index is 12.1. The zero-order chi connectivity index (χ0) is 24.9. The van der Waals surface area contributed by atoms with E-state index in [9.17, 15) is 27.2 Å². The molecule has 7 aromatic rings. The van der Waals surface area contributed by atoms with E-state index in [0.29, 0.717) is 0 Å². The molecule has 36 heavy (non-hydrogen) atoms. The van der Waals surface area contributed by atoms with E-state index in [2.05, 4.69) is 72.8 Å². The molecular formula is C30H12F4O2. The fraction of sp³-hybridized carbons (Fsp3) is 0. The van der Waals surface area contributed by atoms with Gasteiger partial charge in [-0.3, -0.25) is 9.59 Å². The van der Waals surface area contributed by atoms with Crippen LogP contribution in [0.2, 0.25) is 0 Å². The minimum atomic E-state index is -2.20. The molecular weight excluding hydrogens is 468 g/mol. The molecule has 0 amide bonds. The molecule has 6 heteroatoms. The summed E-state index contributed by atoms with van der Waals surface area (Å²) in [5, 5.41) is 16.7. The first-order valence-electron chi connectivity index (χ1n) is 11.1. The number of hydrogen-bond acceptors (Lipinski definition) is 2. The summed E-state index contributed by atoms with van der Waals surface area (Å²) < 4.78 is 48.6. The average Bonchev–Trinajstić information content (AvgIpc) is 2.92. The average molecular weight is 480 g/mol. The van der Waals surface area contributed by atoms with Gasteiger partial charge in [0.2, 0.25) is 23.3 Å². The molecule has 0 aromatic heterocycles. The van der Waals surface area contributed by atoms with Gasteiger partial charge in [0.15, 0.2) is 0 Å². The number of halogens is 4. The van der Waals surface area contributed by atoms with Crippen LogP contribution in [0.25, 0.3) is 64.6 Å². The van der Waals surface area contributed by atoms with Crippen molar-refractivity contribution in [2.24, 2.45) is 0 Å². The molecule has 0 N–H and O–H groups in total. The quantitative estimate of drug-likeness (QED) is 0.0946. The summed E-state index contributed by atoms with van der Waals surface area (Å²) in [4.78, 5) is 20.4. The number of Topliss-reactive ketones (excluding diaryl/α,β-unsaturated/α-hetero) is 2. The van der Waals surface area contributed by atoms with Crippen molar-refractivity contribution in [1.29, 1.82) is 0 Å². The van der Waals surface area contributed by atoms with Crippen LogP contribution in [0.4, 0.5) is 17.6 Å². The Bertz CT molecular complexity index is 1660. The number of ketones is 2. The highest BCUT2D eigenvalue weighted by atomic mass is 19.2. The summed E-state index contributed by atoms with van der Waals surface area (Å²) in [5.74, 6) is -12.9. The summed E-state index contributed by atoms with van der Waals surface area (Å²) >= 11 is 0. The second-order valence-electron chi connectivity index (χ2n) is 8.90. The number of carbonyl (C=O) groups is 2. The van der Waals surface area contributed by atoms with E-state index in [1.54, 1.807) is 0 Å². The van der Waals surface area contributed by atoms with E-state index in [4.69, 9.17) is 0 Å². The molecule has 0 saturated carbocycles. The van der Waals surface area contributed by atoms with Gasteiger partial charge in [-0.05, 0) is 64.6 Å². The molecule has 1 aliphatic rings. The standard InChI is InChI=1S/C24H12.C6F4O2/c1-2-14-5-6-16-9-11-18-12-10-17-8-7-15-4-3-13(1)19-20(14)22(16)24(18)23(17)21(15)19;7-1-2(8)6(12)4(10)3(9)5(1)11/h1-12H;. The highest BCUT2D eigenvalue weighted by Gasteiger charge is 2.36. The van der Waals surface area contributed by atoms with Crippen molar-refractivity contribution in [3.8, 4) is 0 Å². The van der Waals surface area contributed by atoms with Crippen molar-refractivity contribution in [3.05, 3.63) is 96.1 Å². The molecule has 0 bridgehead atoms. The molecule has 1 aliphatic carbocycles. The molecule has 0 aliphatic heterocycles. The van der Waals surface area contributed by atoms with Gasteiger partial charge in [-0.15, -0.1) is 0 Å². The molecule has 7 aromatic carbocycles. The third-order valence-electron chi connectivity index (χ3n) is 7.07. The number of carbonyl (C=O) groups excluding carboxylic acids is 2. The zero-order valence-corrected chi connectivity index (χ0v) is 18.3. The topological polar surface area (TPSA) is 34.1 Å². The van der Waals surface area contributed by atoms with Gasteiger partial charge >= 0.3 is 0 Å². The molecule has 0 saturated heterocycles. The van der Waals surface area contributed by atoms with E-state index in [1.165, 1.54) is 64.6 Å². The van der Waals surface area contributed by atoms with Crippen molar-refractivity contribution < 1.29 is 27.2 Å². The molecule has 0 unspecified atom stereocenters. The smallest absolute Gasteiger partial charge is 0.256 e. The zero-order valence-electron chi connectivity index (χ0n) is 18.3. The van der Waals surface area contributed by atoms with Crippen LogP contribution in [-0.2, 0) is 9.59 Å². The van der Waals surface area contributed by atoms with Gasteiger partial charge in [-0.1, -0.05) is 72.8 Å². The molecule has 2 nitrogen and oxygen atoms in total. The number of rotatable bonds is 0. The predicted octanol–water partition coefficient (Wildman–Crippen LogP) is 8.36. The van der Waals surface area contributed by atoms with Crippen molar-refractivity contribution in [2.75, 3.05) is 0 Å². The van der Waals surface area contributed by atoms with Gasteiger partial charge in [-0.2, -0.15) is 17.6 Å². The Labute approximate surface area is 199 Å². The van der Waals surface area contributed by atoms with E-state index in [0.717, 1.165) is 0 Å². The van der Waals surface area contributed by atoms with E-state index >= 15 is 0 Å². The molecule has 0 atom stereocenters. The monoisotopic (exact) mass is 480 g/mol. The first-order valence-corrected chi connectivity index (χ1v) is 11.1. The Morgan fingerprint density at radius 3 is 0.583 bits per heavy atom. The van der Waals surface area contributed by atoms with Crippen molar-refractivity contribution in [1.82, 2.24) is 0 Å². The number of hydrogen-bond donors (Lipinski definition) is 0. The third-order valence-corrected chi connectivity index (χ3v) is 7.07. The van der Waals surface area contributed by atoms with E-state index in [-0.39, 0.29) is 0 Å². The summed E-state index contributed by atoms with van der Waals surface area (Å²) in [6, 6.07) is 27.3. The predicted molar refractivity (Wildman–Crippen MR) is 134 cm³/mol. The fourth-order valence-corrected chi connectivity index (χ4v) is 5.48. The first kappa shape index (κ1) is 20.8. The molecule has 0 heterocycles. The maximum Gasteiger partial charge on any atom is 0.256 e. The van der Waals surface area contributed by atoms with Crippen molar-refractivity contribution in [2.45, 2.75) is 0 Å². The van der Waals surface area contributed by atoms with Gasteiger partial charge in [0.05, 0.1) is 0 Å². The molecule has 172 valence electrons. The summed E-state index contributed by atoms with van der Waals surface area (Å²) in [6.07, 6.45) is 0. The lowest BCUT2D eigenvalue weighted by Crippen LogP contribution is -2.16. The van der Waals surface area contributed by atoms with E-state index in [1.807, 2.05) is 0 Å². The largest absolute Gasteiger partial charge is 0.283 e. The van der Waals surface area contributed by atoms with Crippen LogP contribution in [0.3, 0.4) is 0 Å². The number of allylic oxidation sites excluding steroid dienone is 4. The summed E-state index contributed by atoms with van der Waals surface area (Å²) in [6.45, 7) is 0. The second kappa shape index (κ2) is 6.98. The molecule has 0 fully saturated rings. The molecule has 0 spiro atoms. The van der Waals surface area contributed by atoms with Crippen LogP contribution in [-0.4, -0.2) is 11.6 Å². The first-order chi connectivity index (χ1) is 17.4. The van der Waals surface area contributed by atoms with Crippen LogP contribution in [0.1, 0.15) is 0 Å². The van der Waals surface area contributed by atoms with Crippen molar-refractivity contribution >= 4 is 76.2 Å². The fourth-order valence-electron chi connectivity index (χ4n) is 5.48. The highest BCUT2D eigenvalue weighted by molar-refractivity contribution is 6.44. The minimum Gasteiger partial charge on any atom is -0.283 e. The van der Waals surface area contributed by atoms with Gasteiger partial charge in [-0.25, -0.2) is 0 Å². The normalized spacial score (nSPS) is 15.1. The van der Waals surface area contributed by atoms with E-state index < -0.39 is 34.9 Å². The Kier molecular flexibility index (Phi) is 4.03. The lowest BCUT2D eigenvalue weighted by molar-refractivity contribution is -0.120. The Morgan fingerprint density at radius 2 is 0.444 bits per heavy atom. The van der Waals surface area contributed by atoms with Crippen LogP contribution >= 0.6 is 0 Å². The highest BCUT2D eigenvalue weighted by Crippen LogP contribution is 2.47. The van der Waals surface area contributed by atoms with Gasteiger partial charge in [0, 0.05) is 0 Å². The van der Waals surface area contributed by atoms with Crippen LogP contribution in [0, 0.1) is 0 Å². The lowest BCUT2D eigenvalue weighted by Gasteiger charge is -2.20. The Balaban J connectivity index is 0.000000157. The van der Waals surface area contributed by atoms with Crippen molar-refractivity contribution in [3.63, 3.8) is 0 Å². The third kappa shape index (κ3) is 2.50. The van der Waals surface area contributed by atoms with Gasteiger partial charge in [0.25, 0.3) is 11.6 Å². The second-order valence-corrected chi connectivity index (χ2v) is 8.90. The summed E-state index contributed by atoms with van der Waals surface area (Å²) in [7, 11) is 0. The SMILES string of the molecule is O=C1C(F)=C(F)C(=O)C(F)=C1F.c1cc2ccc3ccc4ccc5ccc6ccc1c1c2c3c4c5c61. The Morgan fingerprint density at radius 1 is 0.306 bits per heavy atom. The maximum absolute atomic E-state index is 12.1. The Hall–Kier alpha value is -4.58. The van der Waals surface area contributed by atoms with Crippen LogP contribution in [0.15, 0.2) is 96.1 Å². The number of benzene rings is 7. The van der Waals surface area contributed by atoms with Gasteiger partial charge < -0.3 is 0 Å². The molecule has 8 rings (SSSR count). The molecule has 0 radical (unpaired) electrons. The van der Waals surface area contributed by atoms with Crippen LogP contribution < -0.4 is 0 Å². The lowest BCUT2D eigenvalue weighted by atomic mass is 9.83.